The smallest absolute Gasteiger partial charge is 0.339 e. The zero-order valence-electron chi connectivity index (χ0n) is 16.4. The molecule has 1 aliphatic heterocycles. The maximum absolute atomic E-state index is 11.7. The number of hydrogen-bond acceptors (Lipinski definition) is 4. The Morgan fingerprint density at radius 3 is 2.74 bits per heavy atom. The molecular weight excluding hydrogens is 354 g/mol. The van der Waals surface area contributed by atoms with Crippen LogP contribution in [0, 0.1) is 11.8 Å². The van der Waals surface area contributed by atoms with E-state index in [4.69, 9.17) is 4.74 Å². The topological polar surface area (TPSA) is 39.2 Å². The number of fused-ring (bicyclic) bond motifs is 1. The van der Waals surface area contributed by atoms with Crippen LogP contribution in [0.25, 0.3) is 0 Å². The molecule has 0 atom stereocenters. The molecule has 3 nitrogen and oxygen atoms in total. The van der Waals surface area contributed by atoms with Crippen molar-refractivity contribution < 1.29 is 9.53 Å². The molecule has 4 heteroatoms. The summed E-state index contributed by atoms with van der Waals surface area (Å²) in [6.07, 6.45) is 3.66. The number of aryl methyl sites for hydroxylation is 1. The summed E-state index contributed by atoms with van der Waals surface area (Å²) < 4.78 is 4.98. The fourth-order valence-corrected chi connectivity index (χ4v) is 4.71. The summed E-state index contributed by atoms with van der Waals surface area (Å²) >= 11 is 1.95. The average molecular weight is 380 g/mol. The van der Waals surface area contributed by atoms with Gasteiger partial charge in [-0.05, 0) is 72.2 Å². The van der Waals surface area contributed by atoms with Crippen molar-refractivity contribution in [3.05, 3.63) is 58.4 Å². The van der Waals surface area contributed by atoms with Crippen molar-refractivity contribution in [2.24, 2.45) is 0 Å². The van der Waals surface area contributed by atoms with Gasteiger partial charge in [0.2, 0.25) is 0 Å². The molecule has 1 aromatic carbocycles. The Hall–Kier alpha value is -2.25. The van der Waals surface area contributed by atoms with Gasteiger partial charge in [0.05, 0.1) is 12.2 Å². The number of rotatable bonds is 3. The third-order valence-corrected chi connectivity index (χ3v) is 5.96. The lowest BCUT2D eigenvalue weighted by Gasteiger charge is -2.32. The zero-order chi connectivity index (χ0) is 19.4. The zero-order valence-corrected chi connectivity index (χ0v) is 17.2. The lowest BCUT2D eigenvalue weighted by atomic mass is 9.80. The Labute approximate surface area is 165 Å². The van der Waals surface area contributed by atoms with Crippen LogP contribution in [0.5, 0.6) is 0 Å². The fraction of sp³-hybridized carbons (Fsp3) is 0.391. The van der Waals surface area contributed by atoms with Gasteiger partial charge in [0, 0.05) is 16.7 Å². The van der Waals surface area contributed by atoms with E-state index in [1.807, 2.05) is 11.8 Å². The molecule has 140 valence electrons. The number of pyridine rings is 1. The average Bonchev–Trinajstić information content (AvgIpc) is 2.66. The molecule has 0 N–H and O–H groups in total. The van der Waals surface area contributed by atoms with Gasteiger partial charge in [-0.3, -0.25) is 0 Å². The number of aromatic nitrogens is 1. The molecule has 0 radical (unpaired) electrons. The summed E-state index contributed by atoms with van der Waals surface area (Å²) in [5.41, 5.74) is 5.02. The first kappa shape index (κ1) is 19.5. The van der Waals surface area contributed by atoms with E-state index in [1.54, 1.807) is 19.1 Å². The monoisotopic (exact) mass is 379 g/mol. The van der Waals surface area contributed by atoms with Gasteiger partial charge in [0.1, 0.15) is 5.69 Å². The Morgan fingerprint density at radius 1 is 1.26 bits per heavy atom. The molecular formula is C23H25NO2S. The van der Waals surface area contributed by atoms with Gasteiger partial charge in [-0.15, -0.1) is 11.8 Å². The van der Waals surface area contributed by atoms with Gasteiger partial charge >= 0.3 is 5.97 Å². The van der Waals surface area contributed by atoms with Gasteiger partial charge in [-0.25, -0.2) is 9.78 Å². The summed E-state index contributed by atoms with van der Waals surface area (Å²) in [5, 5.41) is 0. The van der Waals surface area contributed by atoms with E-state index in [9.17, 15) is 4.79 Å². The maximum Gasteiger partial charge on any atom is 0.339 e. The highest BCUT2D eigenvalue weighted by atomic mass is 32.2. The first-order valence-corrected chi connectivity index (χ1v) is 10.4. The number of ether oxygens (including phenoxy) is 1. The second-order valence-electron chi connectivity index (χ2n) is 7.24. The van der Waals surface area contributed by atoms with Crippen LogP contribution in [0.3, 0.4) is 0 Å². The molecule has 0 saturated carbocycles. The van der Waals surface area contributed by atoms with Crippen molar-refractivity contribution in [1.29, 1.82) is 0 Å². The van der Waals surface area contributed by atoms with Crippen LogP contribution in [-0.2, 0) is 16.6 Å². The van der Waals surface area contributed by atoms with Crippen molar-refractivity contribution in [1.82, 2.24) is 4.98 Å². The first-order valence-electron chi connectivity index (χ1n) is 9.40. The van der Waals surface area contributed by atoms with Crippen molar-refractivity contribution in [2.75, 3.05) is 12.4 Å². The number of hydrogen-bond donors (Lipinski definition) is 0. The maximum atomic E-state index is 11.7. The summed E-state index contributed by atoms with van der Waals surface area (Å²) in [6, 6.07) is 8.05. The third kappa shape index (κ3) is 4.36. The molecule has 1 aliphatic rings. The van der Waals surface area contributed by atoms with Crippen LogP contribution in [0.15, 0.2) is 35.4 Å². The molecule has 27 heavy (non-hydrogen) atoms. The number of carbonyl (C=O) groups is 1. The Bertz CT molecular complexity index is 904. The van der Waals surface area contributed by atoms with Crippen LogP contribution >= 0.6 is 11.8 Å². The van der Waals surface area contributed by atoms with E-state index in [-0.39, 0.29) is 11.4 Å². The van der Waals surface area contributed by atoms with E-state index in [0.717, 1.165) is 12.0 Å². The molecule has 2 heterocycles. The number of nitrogens with zero attached hydrogens (tertiary/aromatic N) is 1. The van der Waals surface area contributed by atoms with E-state index < -0.39 is 0 Å². The van der Waals surface area contributed by atoms with Crippen LogP contribution in [-0.4, -0.2) is 23.3 Å². The van der Waals surface area contributed by atoms with Gasteiger partial charge in [0.15, 0.2) is 0 Å². The molecule has 0 aliphatic carbocycles. The minimum atomic E-state index is -0.354. The molecule has 0 unspecified atom stereocenters. The Morgan fingerprint density at radius 2 is 2.07 bits per heavy atom. The molecule has 1 aromatic heterocycles. The molecule has 0 spiro atoms. The van der Waals surface area contributed by atoms with Gasteiger partial charge in [0.25, 0.3) is 0 Å². The minimum Gasteiger partial charge on any atom is -0.462 e. The summed E-state index contributed by atoms with van der Waals surface area (Å²) in [5.74, 6) is 7.27. The SMILES string of the molecule is CCOC(=O)c1ccc(C#Cc2cc3c(cc2CC)SCCC3(C)C)nc1. The fourth-order valence-electron chi connectivity index (χ4n) is 3.16. The molecule has 3 rings (SSSR count). The van der Waals surface area contributed by atoms with Crippen LogP contribution in [0.4, 0.5) is 0 Å². The lowest BCUT2D eigenvalue weighted by Crippen LogP contribution is -2.23. The van der Waals surface area contributed by atoms with Crippen LogP contribution in [0.1, 0.15) is 66.9 Å². The predicted molar refractivity (Wildman–Crippen MR) is 110 cm³/mol. The quantitative estimate of drug-likeness (QED) is 0.556. The van der Waals surface area contributed by atoms with Crippen LogP contribution < -0.4 is 0 Å². The lowest BCUT2D eigenvalue weighted by molar-refractivity contribution is 0.0526. The Kier molecular flexibility index (Phi) is 5.92. The van der Waals surface area contributed by atoms with Crippen molar-refractivity contribution >= 4 is 17.7 Å². The minimum absolute atomic E-state index is 0.183. The highest BCUT2D eigenvalue weighted by Crippen LogP contribution is 2.42. The largest absolute Gasteiger partial charge is 0.462 e. The first-order chi connectivity index (χ1) is 12.9. The number of benzene rings is 1. The van der Waals surface area contributed by atoms with Crippen LogP contribution in [0.2, 0.25) is 0 Å². The Balaban J connectivity index is 1.91. The summed E-state index contributed by atoms with van der Waals surface area (Å²) in [4.78, 5) is 17.4. The van der Waals surface area contributed by atoms with Crippen molar-refractivity contribution in [3.63, 3.8) is 0 Å². The molecule has 0 saturated heterocycles. The van der Waals surface area contributed by atoms with Gasteiger partial charge in [-0.2, -0.15) is 0 Å². The van der Waals surface area contributed by atoms with Crippen molar-refractivity contribution in [2.45, 2.75) is 50.8 Å². The number of carbonyl (C=O) groups excluding carboxylic acids is 1. The van der Waals surface area contributed by atoms with E-state index in [2.05, 4.69) is 49.7 Å². The standard InChI is InChI=1S/C23H25NO2S/c1-5-16-14-21-20(23(3,4)11-12-27-21)13-17(16)7-9-19-10-8-18(15-24-19)22(25)26-6-2/h8,10,13-15H,5-6,11-12H2,1-4H3. The number of esters is 1. The van der Waals surface area contributed by atoms with E-state index in [1.165, 1.54) is 34.4 Å². The van der Waals surface area contributed by atoms with Crippen molar-refractivity contribution in [3.8, 4) is 11.8 Å². The predicted octanol–water partition coefficient (Wildman–Crippen LogP) is 4.99. The molecule has 0 bridgehead atoms. The van der Waals surface area contributed by atoms with E-state index in [0.29, 0.717) is 17.9 Å². The molecule has 0 fully saturated rings. The number of thioether (sulfide) groups is 1. The third-order valence-electron chi connectivity index (χ3n) is 4.90. The molecule has 0 amide bonds. The second-order valence-corrected chi connectivity index (χ2v) is 8.38. The molecule has 2 aromatic rings. The second kappa shape index (κ2) is 8.19. The highest BCUT2D eigenvalue weighted by Gasteiger charge is 2.28. The highest BCUT2D eigenvalue weighted by molar-refractivity contribution is 7.99. The normalized spacial score (nSPS) is 14.7. The summed E-state index contributed by atoms with van der Waals surface area (Å²) in [7, 11) is 0. The van der Waals surface area contributed by atoms with Gasteiger partial charge in [-0.1, -0.05) is 26.7 Å². The van der Waals surface area contributed by atoms with Gasteiger partial charge < -0.3 is 4.74 Å². The summed E-state index contributed by atoms with van der Waals surface area (Å²) in [6.45, 7) is 8.92. The van der Waals surface area contributed by atoms with E-state index >= 15 is 0 Å².